The number of nitrogens with zero attached hydrogens (tertiary/aromatic N) is 3. The van der Waals surface area contributed by atoms with Crippen LogP contribution in [-0.4, -0.2) is 30.9 Å². The number of hydrogen-bond acceptors (Lipinski definition) is 5. The fourth-order valence-electron chi connectivity index (χ4n) is 2.76. The van der Waals surface area contributed by atoms with Gasteiger partial charge >= 0.3 is 0 Å². The van der Waals surface area contributed by atoms with Gasteiger partial charge in [-0.2, -0.15) is 5.10 Å². The van der Waals surface area contributed by atoms with Gasteiger partial charge < -0.3 is 10.3 Å². The maximum Gasteiger partial charge on any atom is 0.262 e. The fraction of sp³-hybridized carbons (Fsp3) is 0.100. The van der Waals surface area contributed by atoms with E-state index in [1.165, 1.54) is 18.3 Å². The zero-order valence-corrected chi connectivity index (χ0v) is 17.2. The van der Waals surface area contributed by atoms with E-state index in [0.29, 0.717) is 16.7 Å². The molecule has 2 aromatic heterocycles. The molecule has 152 valence electrons. The van der Waals surface area contributed by atoms with Crippen LogP contribution in [0.25, 0.3) is 16.7 Å². The Kier molecular flexibility index (Phi) is 5.56. The SMILES string of the molecule is CC(Sc1nc2c(cnn2-c2ccccc2)c(=O)[nH]1)C(=O)Nc1ccc(F)cc1Cl. The molecule has 0 saturated heterocycles. The molecule has 10 heteroatoms. The average Bonchev–Trinajstić information content (AvgIpc) is 3.15. The molecule has 4 rings (SSSR count). The van der Waals surface area contributed by atoms with Gasteiger partial charge in [-0.05, 0) is 37.3 Å². The molecule has 1 atom stereocenters. The van der Waals surface area contributed by atoms with Crippen LogP contribution >= 0.6 is 23.4 Å². The first-order valence-corrected chi connectivity index (χ1v) is 10.1. The summed E-state index contributed by atoms with van der Waals surface area (Å²) in [4.78, 5) is 32.1. The van der Waals surface area contributed by atoms with E-state index in [9.17, 15) is 14.0 Å². The summed E-state index contributed by atoms with van der Waals surface area (Å²) in [7, 11) is 0. The Morgan fingerprint density at radius 3 is 2.77 bits per heavy atom. The third kappa shape index (κ3) is 4.07. The second-order valence-corrected chi connectivity index (χ2v) is 8.11. The molecule has 0 spiro atoms. The number of aromatic nitrogens is 4. The molecule has 1 unspecified atom stereocenters. The lowest BCUT2D eigenvalue weighted by Gasteiger charge is -2.12. The fourth-order valence-corrected chi connectivity index (χ4v) is 3.76. The van der Waals surface area contributed by atoms with E-state index in [1.807, 2.05) is 30.3 Å². The molecule has 2 N–H and O–H groups in total. The van der Waals surface area contributed by atoms with E-state index < -0.39 is 11.1 Å². The molecule has 0 fully saturated rings. The Bertz CT molecular complexity index is 1290. The number of hydrogen-bond donors (Lipinski definition) is 2. The van der Waals surface area contributed by atoms with Crippen LogP contribution in [0.2, 0.25) is 5.02 Å². The van der Waals surface area contributed by atoms with Crippen molar-refractivity contribution in [2.75, 3.05) is 5.32 Å². The van der Waals surface area contributed by atoms with Crippen molar-refractivity contribution in [3.63, 3.8) is 0 Å². The molecule has 2 aromatic carbocycles. The first kappa shape index (κ1) is 20.1. The van der Waals surface area contributed by atoms with Gasteiger partial charge in [0.05, 0.1) is 27.8 Å². The first-order chi connectivity index (χ1) is 14.4. The second kappa shape index (κ2) is 8.29. The molecule has 1 amide bonds. The molecule has 0 aliphatic rings. The van der Waals surface area contributed by atoms with Crippen molar-refractivity contribution in [2.45, 2.75) is 17.3 Å². The summed E-state index contributed by atoms with van der Waals surface area (Å²) in [5, 5.41) is 7.01. The average molecular weight is 444 g/mol. The maximum atomic E-state index is 13.2. The lowest BCUT2D eigenvalue weighted by atomic mass is 10.3. The molecule has 2 heterocycles. The number of aromatic amines is 1. The topological polar surface area (TPSA) is 92.7 Å². The number of halogens is 2. The standard InChI is InChI=1S/C20H15ClFN5O2S/c1-11(18(28)24-16-8-7-12(22)9-15(16)21)30-20-25-17-14(19(29)26-20)10-23-27(17)13-5-3-2-4-6-13/h2-11H,1H3,(H,24,28)(H,25,26,29). The van der Waals surface area contributed by atoms with E-state index in [0.717, 1.165) is 23.5 Å². The van der Waals surface area contributed by atoms with Crippen LogP contribution in [0.3, 0.4) is 0 Å². The van der Waals surface area contributed by atoms with Crippen molar-refractivity contribution in [3.05, 3.63) is 75.9 Å². The van der Waals surface area contributed by atoms with Gasteiger partial charge in [0.2, 0.25) is 5.91 Å². The van der Waals surface area contributed by atoms with Crippen LogP contribution in [0.4, 0.5) is 10.1 Å². The summed E-state index contributed by atoms with van der Waals surface area (Å²) in [6.45, 7) is 1.66. The lowest BCUT2D eigenvalue weighted by molar-refractivity contribution is -0.115. The highest BCUT2D eigenvalue weighted by Gasteiger charge is 2.19. The molecule has 4 aromatic rings. The maximum absolute atomic E-state index is 13.2. The Hall–Kier alpha value is -3.17. The lowest BCUT2D eigenvalue weighted by Crippen LogP contribution is -2.23. The number of thioether (sulfide) groups is 1. The highest BCUT2D eigenvalue weighted by atomic mass is 35.5. The Balaban J connectivity index is 1.58. The monoisotopic (exact) mass is 443 g/mol. The summed E-state index contributed by atoms with van der Waals surface area (Å²) < 4.78 is 14.7. The van der Waals surface area contributed by atoms with Crippen molar-refractivity contribution in [2.24, 2.45) is 0 Å². The molecule has 0 aliphatic heterocycles. The molecular weight excluding hydrogens is 429 g/mol. The van der Waals surface area contributed by atoms with Gasteiger partial charge in [-0.3, -0.25) is 9.59 Å². The van der Waals surface area contributed by atoms with Crippen molar-refractivity contribution in [1.29, 1.82) is 0 Å². The number of para-hydroxylation sites is 1. The quantitative estimate of drug-likeness (QED) is 0.359. The van der Waals surface area contributed by atoms with Gasteiger partial charge in [0.1, 0.15) is 11.2 Å². The molecule has 30 heavy (non-hydrogen) atoms. The van der Waals surface area contributed by atoms with E-state index in [-0.39, 0.29) is 21.6 Å². The molecular formula is C20H15ClFN5O2S. The number of carbonyl (C=O) groups excluding carboxylic acids is 1. The van der Waals surface area contributed by atoms with Gasteiger partial charge in [-0.15, -0.1) is 0 Å². The number of nitrogens with one attached hydrogen (secondary N) is 2. The zero-order chi connectivity index (χ0) is 21.3. The molecule has 0 aliphatic carbocycles. The summed E-state index contributed by atoms with van der Waals surface area (Å²) >= 11 is 7.04. The Labute approximate surface area is 179 Å². The van der Waals surface area contributed by atoms with Crippen molar-refractivity contribution in [3.8, 4) is 5.69 Å². The van der Waals surface area contributed by atoms with Gasteiger partial charge in [0.15, 0.2) is 10.8 Å². The number of fused-ring (bicyclic) bond motifs is 1. The van der Waals surface area contributed by atoms with Crippen LogP contribution in [0.5, 0.6) is 0 Å². The smallest absolute Gasteiger partial charge is 0.262 e. The minimum Gasteiger partial charge on any atom is -0.324 e. The summed E-state index contributed by atoms with van der Waals surface area (Å²) in [6.07, 6.45) is 1.45. The van der Waals surface area contributed by atoms with E-state index in [2.05, 4.69) is 20.4 Å². The van der Waals surface area contributed by atoms with Crippen molar-refractivity contribution < 1.29 is 9.18 Å². The van der Waals surface area contributed by atoms with Crippen molar-refractivity contribution >= 4 is 46.0 Å². The van der Waals surface area contributed by atoms with Gasteiger partial charge in [0, 0.05) is 0 Å². The predicted molar refractivity (Wildman–Crippen MR) is 115 cm³/mol. The number of H-pyrrole nitrogens is 1. The summed E-state index contributed by atoms with van der Waals surface area (Å²) in [5.41, 5.74) is 1.10. The summed E-state index contributed by atoms with van der Waals surface area (Å²) in [6, 6.07) is 13.0. The normalized spacial score (nSPS) is 12.1. The third-order valence-electron chi connectivity index (χ3n) is 4.26. The molecule has 0 radical (unpaired) electrons. The molecule has 0 saturated carbocycles. The third-order valence-corrected chi connectivity index (χ3v) is 5.56. The summed E-state index contributed by atoms with van der Waals surface area (Å²) in [5.74, 6) is -0.863. The number of rotatable bonds is 5. The Morgan fingerprint density at radius 1 is 1.27 bits per heavy atom. The zero-order valence-electron chi connectivity index (χ0n) is 15.6. The van der Waals surface area contributed by atoms with Crippen LogP contribution in [-0.2, 0) is 4.79 Å². The number of carbonyl (C=O) groups is 1. The highest BCUT2D eigenvalue weighted by Crippen LogP contribution is 2.26. The van der Waals surface area contributed by atoms with E-state index in [4.69, 9.17) is 11.6 Å². The van der Waals surface area contributed by atoms with Crippen LogP contribution in [0, 0.1) is 5.82 Å². The van der Waals surface area contributed by atoms with Crippen LogP contribution in [0.1, 0.15) is 6.92 Å². The van der Waals surface area contributed by atoms with Crippen molar-refractivity contribution in [1.82, 2.24) is 19.7 Å². The van der Waals surface area contributed by atoms with E-state index in [1.54, 1.807) is 11.6 Å². The first-order valence-electron chi connectivity index (χ1n) is 8.88. The predicted octanol–water partition coefficient (Wildman–Crippen LogP) is 4.02. The Morgan fingerprint density at radius 2 is 2.03 bits per heavy atom. The molecule has 7 nitrogen and oxygen atoms in total. The van der Waals surface area contributed by atoms with Crippen LogP contribution < -0.4 is 10.9 Å². The van der Waals surface area contributed by atoms with Gasteiger partial charge in [-0.25, -0.2) is 14.1 Å². The van der Waals surface area contributed by atoms with Crippen LogP contribution in [0.15, 0.2) is 64.7 Å². The largest absolute Gasteiger partial charge is 0.324 e. The number of amides is 1. The highest BCUT2D eigenvalue weighted by molar-refractivity contribution is 8.00. The second-order valence-electron chi connectivity index (χ2n) is 6.37. The minimum atomic E-state index is -0.611. The molecule has 0 bridgehead atoms. The van der Waals surface area contributed by atoms with Gasteiger partial charge in [-0.1, -0.05) is 41.6 Å². The number of anilines is 1. The van der Waals surface area contributed by atoms with Gasteiger partial charge in [0.25, 0.3) is 5.56 Å². The minimum absolute atomic E-state index is 0.0975. The van der Waals surface area contributed by atoms with E-state index >= 15 is 0 Å². The number of benzene rings is 2.